The van der Waals surface area contributed by atoms with Crippen LogP contribution in [0.4, 0.5) is 9.59 Å². The second-order valence-corrected chi connectivity index (χ2v) is 9.02. The summed E-state index contributed by atoms with van der Waals surface area (Å²) in [6, 6.07) is 23.9. The van der Waals surface area contributed by atoms with Gasteiger partial charge in [0.05, 0.1) is 13.7 Å². The molecule has 208 valence electrons. The first kappa shape index (κ1) is 29.4. The number of methoxy groups -OCH3 is 1. The number of hydrogen-bond donors (Lipinski definition) is 2. The summed E-state index contributed by atoms with van der Waals surface area (Å²) in [5.41, 5.74) is 2.27. The first-order valence-corrected chi connectivity index (χ1v) is 13.3. The van der Waals surface area contributed by atoms with E-state index in [1.165, 1.54) is 19.3 Å². The van der Waals surface area contributed by atoms with Gasteiger partial charge in [-0.3, -0.25) is 10.6 Å². The Balaban J connectivity index is 1.69. The molecule has 0 aliphatic carbocycles. The average molecular weight is 535 g/mol. The van der Waals surface area contributed by atoms with Crippen LogP contribution in [0, 0.1) is 0 Å². The molecule has 0 aromatic heterocycles. The molecule has 39 heavy (non-hydrogen) atoms. The fourth-order valence-corrected chi connectivity index (χ4v) is 3.84. The molecular formula is C31H38N2O6. The largest absolute Gasteiger partial charge is 0.493 e. The molecule has 3 aromatic rings. The molecule has 0 bridgehead atoms. The number of amides is 2. The van der Waals surface area contributed by atoms with Gasteiger partial charge in [-0.25, -0.2) is 9.59 Å². The van der Waals surface area contributed by atoms with Gasteiger partial charge in [-0.1, -0.05) is 99.3 Å². The van der Waals surface area contributed by atoms with Crippen molar-refractivity contribution in [3.63, 3.8) is 0 Å². The van der Waals surface area contributed by atoms with Crippen molar-refractivity contribution in [3.05, 3.63) is 95.6 Å². The first-order valence-electron chi connectivity index (χ1n) is 13.3. The van der Waals surface area contributed by atoms with E-state index in [0.717, 1.165) is 24.0 Å². The number of alkyl carbamates (subject to hydrolysis) is 2. The lowest BCUT2D eigenvalue weighted by Gasteiger charge is -2.22. The fourth-order valence-electron chi connectivity index (χ4n) is 3.84. The maximum absolute atomic E-state index is 12.7. The van der Waals surface area contributed by atoms with Gasteiger partial charge in [0.1, 0.15) is 19.4 Å². The zero-order valence-electron chi connectivity index (χ0n) is 22.7. The summed E-state index contributed by atoms with van der Waals surface area (Å²) in [5.74, 6) is 1.08. The van der Waals surface area contributed by atoms with E-state index in [4.69, 9.17) is 18.9 Å². The van der Waals surface area contributed by atoms with E-state index in [1.54, 1.807) is 25.3 Å². The summed E-state index contributed by atoms with van der Waals surface area (Å²) in [7, 11) is 1.57. The fraction of sp³-hybridized carbons (Fsp3) is 0.355. The Morgan fingerprint density at radius 3 is 1.82 bits per heavy atom. The number of hydrogen-bond acceptors (Lipinski definition) is 6. The molecule has 0 fully saturated rings. The highest BCUT2D eigenvalue weighted by atomic mass is 16.6. The van der Waals surface area contributed by atoms with Crippen LogP contribution in [-0.2, 0) is 22.7 Å². The van der Waals surface area contributed by atoms with Crippen molar-refractivity contribution in [2.75, 3.05) is 13.7 Å². The molecule has 2 amide bonds. The van der Waals surface area contributed by atoms with Crippen molar-refractivity contribution < 1.29 is 28.5 Å². The van der Waals surface area contributed by atoms with Crippen LogP contribution in [-0.4, -0.2) is 25.9 Å². The molecule has 0 aliphatic rings. The molecule has 0 saturated carbocycles. The first-order chi connectivity index (χ1) is 19.1. The SMILES string of the molecule is CCCCCCCOc1cc(C(NC(=O)OCc2ccccc2)NC(=O)OCc2ccccc2)ccc1OC. The van der Waals surface area contributed by atoms with Gasteiger partial charge in [-0.2, -0.15) is 0 Å². The van der Waals surface area contributed by atoms with E-state index in [9.17, 15) is 9.59 Å². The molecule has 0 spiro atoms. The van der Waals surface area contributed by atoms with Crippen LogP contribution in [0.25, 0.3) is 0 Å². The molecule has 3 rings (SSSR count). The third-order valence-corrected chi connectivity index (χ3v) is 5.98. The predicted octanol–water partition coefficient (Wildman–Crippen LogP) is 6.90. The van der Waals surface area contributed by atoms with Gasteiger partial charge in [-0.05, 0) is 35.2 Å². The molecule has 0 unspecified atom stereocenters. The Hall–Kier alpha value is -4.20. The van der Waals surface area contributed by atoms with E-state index >= 15 is 0 Å². The number of rotatable bonds is 15. The summed E-state index contributed by atoms with van der Waals surface area (Å²) in [6.45, 7) is 2.90. The molecule has 0 saturated heterocycles. The molecule has 2 N–H and O–H groups in total. The van der Waals surface area contributed by atoms with Crippen LogP contribution in [0.5, 0.6) is 11.5 Å². The smallest absolute Gasteiger partial charge is 0.409 e. The lowest BCUT2D eigenvalue weighted by atomic mass is 10.1. The monoisotopic (exact) mass is 534 g/mol. The topological polar surface area (TPSA) is 95.1 Å². The van der Waals surface area contributed by atoms with Crippen LogP contribution in [0.1, 0.15) is 61.9 Å². The Bertz CT molecular complexity index is 1080. The molecule has 0 radical (unpaired) electrons. The Kier molecular flexibility index (Phi) is 12.5. The standard InChI is InChI=1S/C31H38N2O6/c1-3-4-5-6-13-20-37-28-21-26(18-19-27(28)36-2)29(32-30(34)38-22-24-14-9-7-10-15-24)33-31(35)39-23-25-16-11-8-12-17-25/h7-12,14-19,21,29H,3-6,13,20,22-23H2,1-2H3,(H,32,34)(H,33,35). The number of unbranched alkanes of at least 4 members (excludes halogenated alkanes) is 4. The Morgan fingerprint density at radius 1 is 0.718 bits per heavy atom. The van der Waals surface area contributed by atoms with E-state index < -0.39 is 18.4 Å². The zero-order valence-corrected chi connectivity index (χ0v) is 22.7. The lowest BCUT2D eigenvalue weighted by Crippen LogP contribution is -2.41. The number of nitrogens with one attached hydrogen (secondary N) is 2. The minimum atomic E-state index is -0.936. The molecule has 0 atom stereocenters. The van der Waals surface area contributed by atoms with E-state index in [0.29, 0.717) is 23.7 Å². The van der Waals surface area contributed by atoms with Gasteiger partial charge in [0, 0.05) is 0 Å². The molecule has 3 aromatic carbocycles. The molecular weight excluding hydrogens is 496 g/mol. The number of benzene rings is 3. The molecule has 0 heterocycles. The zero-order chi connectivity index (χ0) is 27.7. The quantitative estimate of drug-likeness (QED) is 0.163. The van der Waals surface area contributed by atoms with Gasteiger partial charge < -0.3 is 18.9 Å². The summed E-state index contributed by atoms with van der Waals surface area (Å²) in [5, 5.41) is 5.44. The van der Waals surface area contributed by atoms with Crippen molar-refractivity contribution in [1.82, 2.24) is 10.6 Å². The van der Waals surface area contributed by atoms with Crippen LogP contribution in [0.3, 0.4) is 0 Å². The normalized spacial score (nSPS) is 10.5. The maximum Gasteiger partial charge on any atom is 0.409 e. The van der Waals surface area contributed by atoms with Crippen LogP contribution in [0.15, 0.2) is 78.9 Å². The average Bonchev–Trinajstić information content (AvgIpc) is 2.97. The third kappa shape index (κ3) is 10.6. The van der Waals surface area contributed by atoms with E-state index in [1.807, 2.05) is 60.7 Å². The van der Waals surface area contributed by atoms with Crippen molar-refractivity contribution >= 4 is 12.2 Å². The summed E-state index contributed by atoms with van der Waals surface area (Å²) >= 11 is 0. The number of ether oxygens (including phenoxy) is 4. The Labute approximate surface area is 230 Å². The highest BCUT2D eigenvalue weighted by Gasteiger charge is 2.21. The summed E-state index contributed by atoms with van der Waals surface area (Å²) < 4.78 is 22.2. The van der Waals surface area contributed by atoms with Crippen molar-refractivity contribution in [1.29, 1.82) is 0 Å². The number of carbonyl (C=O) groups excluding carboxylic acids is 2. The molecule has 8 heteroatoms. The van der Waals surface area contributed by atoms with Crippen LogP contribution >= 0.6 is 0 Å². The summed E-state index contributed by atoms with van der Waals surface area (Å²) in [4.78, 5) is 25.4. The van der Waals surface area contributed by atoms with Gasteiger partial charge >= 0.3 is 12.2 Å². The predicted molar refractivity (Wildman–Crippen MR) is 150 cm³/mol. The van der Waals surface area contributed by atoms with Gasteiger partial charge in [0.2, 0.25) is 0 Å². The Morgan fingerprint density at radius 2 is 1.28 bits per heavy atom. The van der Waals surface area contributed by atoms with Gasteiger partial charge in [0.15, 0.2) is 11.5 Å². The van der Waals surface area contributed by atoms with Crippen molar-refractivity contribution in [2.24, 2.45) is 0 Å². The van der Waals surface area contributed by atoms with Crippen molar-refractivity contribution in [2.45, 2.75) is 58.4 Å². The molecule has 8 nitrogen and oxygen atoms in total. The van der Waals surface area contributed by atoms with Crippen molar-refractivity contribution in [3.8, 4) is 11.5 Å². The second-order valence-electron chi connectivity index (χ2n) is 9.02. The minimum Gasteiger partial charge on any atom is -0.493 e. The molecule has 0 aliphatic heterocycles. The highest BCUT2D eigenvalue weighted by molar-refractivity contribution is 5.71. The second kappa shape index (κ2) is 16.6. The van der Waals surface area contributed by atoms with E-state index in [2.05, 4.69) is 17.6 Å². The summed E-state index contributed by atoms with van der Waals surface area (Å²) in [6.07, 6.45) is 3.24. The van der Waals surface area contributed by atoms with Gasteiger partial charge in [0.25, 0.3) is 0 Å². The maximum atomic E-state index is 12.7. The van der Waals surface area contributed by atoms with Gasteiger partial charge in [-0.15, -0.1) is 0 Å². The number of carbonyl (C=O) groups is 2. The van der Waals surface area contributed by atoms with Crippen LogP contribution in [0.2, 0.25) is 0 Å². The third-order valence-electron chi connectivity index (χ3n) is 5.98. The van der Waals surface area contributed by atoms with Crippen LogP contribution < -0.4 is 20.1 Å². The lowest BCUT2D eigenvalue weighted by molar-refractivity contribution is 0.122. The highest BCUT2D eigenvalue weighted by Crippen LogP contribution is 2.30. The minimum absolute atomic E-state index is 0.0901. The van der Waals surface area contributed by atoms with E-state index in [-0.39, 0.29) is 13.2 Å².